The van der Waals surface area contributed by atoms with Crippen molar-refractivity contribution in [1.29, 1.82) is 0 Å². The topological polar surface area (TPSA) is 138 Å². The molecule has 1 aliphatic heterocycles. The van der Waals surface area contributed by atoms with E-state index in [9.17, 15) is 14.3 Å². The number of aliphatic hydroxyl groups is 1. The SMILES string of the molecule is CC1(C)NC(=O)c2ccc(Nc3ncc(-c4nnco4)c(N[C@H](CO)c4cccc(F)c4)n3)cc21. The average Bonchev–Trinajstić information content (AvgIpc) is 3.44. The summed E-state index contributed by atoms with van der Waals surface area (Å²) in [6.07, 6.45) is 2.69. The lowest BCUT2D eigenvalue weighted by Crippen LogP contribution is -2.32. The second-order valence-corrected chi connectivity index (χ2v) is 8.60. The molecule has 10 nitrogen and oxygen atoms in total. The number of benzene rings is 2. The van der Waals surface area contributed by atoms with Crippen molar-refractivity contribution in [2.24, 2.45) is 0 Å². The smallest absolute Gasteiger partial charge is 0.252 e. The highest BCUT2D eigenvalue weighted by atomic mass is 19.1. The number of nitrogens with one attached hydrogen (secondary N) is 3. The number of amides is 1. The monoisotopic (exact) mass is 475 g/mol. The third-order valence-electron chi connectivity index (χ3n) is 5.74. The molecule has 3 heterocycles. The van der Waals surface area contributed by atoms with Crippen LogP contribution in [-0.2, 0) is 5.54 Å². The number of anilines is 3. The van der Waals surface area contributed by atoms with Gasteiger partial charge in [-0.25, -0.2) is 9.37 Å². The van der Waals surface area contributed by atoms with Gasteiger partial charge in [0.2, 0.25) is 12.3 Å². The van der Waals surface area contributed by atoms with Crippen molar-refractivity contribution in [3.8, 4) is 11.5 Å². The van der Waals surface area contributed by atoms with E-state index >= 15 is 0 Å². The zero-order chi connectivity index (χ0) is 24.6. The number of aliphatic hydroxyl groups excluding tert-OH is 1. The Hall–Kier alpha value is -4.38. The fourth-order valence-corrected chi connectivity index (χ4v) is 4.01. The summed E-state index contributed by atoms with van der Waals surface area (Å²) in [5.74, 6) is 0.196. The Morgan fingerprint density at radius 3 is 2.80 bits per heavy atom. The number of halogens is 1. The van der Waals surface area contributed by atoms with E-state index in [1.54, 1.807) is 24.3 Å². The fraction of sp³-hybridized carbons (Fsp3) is 0.208. The number of carbonyl (C=O) groups excluding carboxylic acids is 1. The van der Waals surface area contributed by atoms with Gasteiger partial charge in [0.15, 0.2) is 0 Å². The lowest BCUT2D eigenvalue weighted by molar-refractivity contribution is 0.0940. The molecule has 2 aromatic heterocycles. The summed E-state index contributed by atoms with van der Waals surface area (Å²) in [5, 5.41) is 26.8. The highest BCUT2D eigenvalue weighted by Gasteiger charge is 2.35. The Kier molecular flexibility index (Phi) is 5.61. The zero-order valence-electron chi connectivity index (χ0n) is 18.9. The number of rotatable bonds is 7. The maximum Gasteiger partial charge on any atom is 0.252 e. The van der Waals surface area contributed by atoms with E-state index in [0.29, 0.717) is 28.2 Å². The van der Waals surface area contributed by atoms with Gasteiger partial charge in [-0.15, -0.1) is 10.2 Å². The van der Waals surface area contributed by atoms with Gasteiger partial charge in [0.25, 0.3) is 11.8 Å². The van der Waals surface area contributed by atoms with Gasteiger partial charge >= 0.3 is 0 Å². The van der Waals surface area contributed by atoms with Crippen molar-refractivity contribution in [3.05, 3.63) is 77.6 Å². The van der Waals surface area contributed by atoms with Crippen LogP contribution in [0.15, 0.2) is 59.5 Å². The number of fused-ring (bicyclic) bond motifs is 1. The predicted octanol–water partition coefficient (Wildman–Crippen LogP) is 3.53. The molecular weight excluding hydrogens is 453 g/mol. The van der Waals surface area contributed by atoms with Crippen molar-refractivity contribution in [3.63, 3.8) is 0 Å². The van der Waals surface area contributed by atoms with Crippen LogP contribution in [0.1, 0.15) is 41.4 Å². The molecule has 1 atom stereocenters. The first-order valence-electron chi connectivity index (χ1n) is 10.8. The van der Waals surface area contributed by atoms with Crippen LogP contribution >= 0.6 is 0 Å². The molecule has 0 saturated heterocycles. The number of aromatic nitrogens is 4. The molecule has 0 spiro atoms. The van der Waals surface area contributed by atoms with Crippen LogP contribution in [0.3, 0.4) is 0 Å². The molecule has 1 amide bonds. The standard InChI is InChI=1S/C24H22FN7O3/c1-24(2)18-9-15(6-7-16(18)21(34)31-24)28-23-26-10-17(22-32-27-12-35-22)20(30-23)29-19(11-33)13-4-3-5-14(25)8-13/h3-10,12,19,33H,11H2,1-2H3,(H,31,34)(H2,26,28,29,30)/t19-/m1/s1. The molecule has 0 radical (unpaired) electrons. The van der Waals surface area contributed by atoms with Crippen molar-refractivity contribution in [1.82, 2.24) is 25.5 Å². The van der Waals surface area contributed by atoms with Gasteiger partial charge in [-0.05, 0) is 55.3 Å². The molecule has 0 bridgehead atoms. The van der Waals surface area contributed by atoms with Gasteiger partial charge in [-0.1, -0.05) is 12.1 Å². The van der Waals surface area contributed by atoms with Crippen molar-refractivity contribution in [2.45, 2.75) is 25.4 Å². The maximum absolute atomic E-state index is 13.8. The van der Waals surface area contributed by atoms with E-state index in [2.05, 4.69) is 36.1 Å². The largest absolute Gasteiger partial charge is 0.423 e. The molecular formula is C24H22FN7O3. The van der Waals surface area contributed by atoms with Crippen molar-refractivity contribution < 1.29 is 18.7 Å². The first-order chi connectivity index (χ1) is 16.8. The Morgan fingerprint density at radius 2 is 2.06 bits per heavy atom. The van der Waals surface area contributed by atoms with Gasteiger partial charge in [0.05, 0.1) is 23.8 Å². The second-order valence-electron chi connectivity index (χ2n) is 8.60. The summed E-state index contributed by atoms with van der Waals surface area (Å²) in [5.41, 5.74) is 2.62. The minimum atomic E-state index is -0.659. The normalized spacial score (nSPS) is 14.8. The zero-order valence-corrected chi connectivity index (χ0v) is 18.9. The maximum atomic E-state index is 13.8. The van der Waals surface area contributed by atoms with Crippen molar-refractivity contribution >= 4 is 23.4 Å². The van der Waals surface area contributed by atoms with Crippen LogP contribution in [0, 0.1) is 5.82 Å². The third kappa shape index (κ3) is 4.41. The highest BCUT2D eigenvalue weighted by Crippen LogP contribution is 2.34. The first-order valence-corrected chi connectivity index (χ1v) is 10.8. The molecule has 4 aromatic rings. The molecule has 2 aromatic carbocycles. The Balaban J connectivity index is 1.49. The average molecular weight is 475 g/mol. The summed E-state index contributed by atoms with van der Waals surface area (Å²) in [6.45, 7) is 3.54. The molecule has 1 aliphatic rings. The molecule has 0 unspecified atom stereocenters. The van der Waals surface area contributed by atoms with Gasteiger partial charge in [0.1, 0.15) is 11.6 Å². The molecule has 5 rings (SSSR count). The summed E-state index contributed by atoms with van der Waals surface area (Å²) < 4.78 is 19.1. The van der Waals surface area contributed by atoms with Gasteiger partial charge in [0, 0.05) is 17.4 Å². The second kappa shape index (κ2) is 8.76. The molecule has 4 N–H and O–H groups in total. The van der Waals surface area contributed by atoms with Gasteiger partial charge < -0.3 is 25.5 Å². The molecule has 0 aliphatic carbocycles. The minimum absolute atomic E-state index is 0.115. The van der Waals surface area contributed by atoms with Crippen LogP contribution < -0.4 is 16.0 Å². The van der Waals surface area contributed by atoms with Crippen molar-refractivity contribution in [2.75, 3.05) is 17.2 Å². The number of carbonyl (C=O) groups is 1. The molecule has 0 saturated carbocycles. The first kappa shape index (κ1) is 22.4. The summed E-state index contributed by atoms with van der Waals surface area (Å²) in [7, 11) is 0. The van der Waals surface area contributed by atoms with Gasteiger partial charge in [-0.2, -0.15) is 4.98 Å². The minimum Gasteiger partial charge on any atom is -0.423 e. The Labute approximate surface area is 199 Å². The summed E-state index contributed by atoms with van der Waals surface area (Å²) in [4.78, 5) is 21.1. The van der Waals surface area contributed by atoms with Crippen LogP contribution in [-0.4, -0.2) is 37.8 Å². The van der Waals surface area contributed by atoms with Crippen LogP contribution in [0.5, 0.6) is 0 Å². The number of nitrogens with zero attached hydrogens (tertiary/aromatic N) is 4. The predicted molar refractivity (Wildman–Crippen MR) is 125 cm³/mol. The molecule has 178 valence electrons. The van der Waals surface area contributed by atoms with Crippen LogP contribution in [0.25, 0.3) is 11.5 Å². The third-order valence-corrected chi connectivity index (χ3v) is 5.74. The van der Waals surface area contributed by atoms with E-state index in [0.717, 1.165) is 5.56 Å². The molecule has 11 heteroatoms. The van der Waals surface area contributed by atoms with Gasteiger partial charge in [-0.3, -0.25) is 4.79 Å². The van der Waals surface area contributed by atoms with Crippen LogP contribution in [0.2, 0.25) is 0 Å². The molecule has 0 fully saturated rings. The quantitative estimate of drug-likeness (QED) is 0.316. The summed E-state index contributed by atoms with van der Waals surface area (Å²) >= 11 is 0. The van der Waals surface area contributed by atoms with E-state index in [4.69, 9.17) is 4.42 Å². The van der Waals surface area contributed by atoms with E-state index < -0.39 is 17.4 Å². The fourth-order valence-electron chi connectivity index (χ4n) is 4.01. The molecule has 35 heavy (non-hydrogen) atoms. The van der Waals surface area contributed by atoms with E-state index in [1.165, 1.54) is 24.7 Å². The lowest BCUT2D eigenvalue weighted by atomic mass is 9.94. The Morgan fingerprint density at radius 1 is 1.20 bits per heavy atom. The lowest BCUT2D eigenvalue weighted by Gasteiger charge is -2.20. The van der Waals surface area contributed by atoms with E-state index in [-0.39, 0.29) is 24.4 Å². The summed E-state index contributed by atoms with van der Waals surface area (Å²) in [6, 6.07) is 10.7. The number of hydrogen-bond donors (Lipinski definition) is 4. The van der Waals surface area contributed by atoms with E-state index in [1.807, 2.05) is 19.9 Å². The highest BCUT2D eigenvalue weighted by molar-refractivity contribution is 6.00. The Bertz CT molecular complexity index is 1390. The number of hydrogen-bond acceptors (Lipinski definition) is 9. The van der Waals surface area contributed by atoms with Crippen LogP contribution in [0.4, 0.5) is 21.8 Å².